The molecule has 0 radical (unpaired) electrons. The van der Waals surface area contributed by atoms with E-state index in [-0.39, 0.29) is 38.5 Å². The summed E-state index contributed by atoms with van der Waals surface area (Å²) in [5.41, 5.74) is 12.7. The zero-order valence-corrected chi connectivity index (χ0v) is 22.3. The molecule has 1 aliphatic heterocycles. The number of primary amides is 1. The Kier molecular flexibility index (Phi) is 7.64. The summed E-state index contributed by atoms with van der Waals surface area (Å²) >= 11 is 25.6. The number of thioether (sulfide) groups is 1. The standard InChI is InChI=1S/C24H17Cl4N3O4S/c1-2-35-24(34)19-17(29)14(7-10-3-4-11(25)8-15(10)27)18-21(22(30)32)36-20(23(33)31(18)19)13-6-5-12(26)9-16(13)28/h3-9,20H,2,29H2,1H3,(H2,30,32)/b14-7+. The van der Waals surface area contributed by atoms with Crippen LogP contribution in [0.2, 0.25) is 20.1 Å². The van der Waals surface area contributed by atoms with Crippen molar-refractivity contribution in [3.05, 3.63) is 83.9 Å². The topological polar surface area (TPSA) is 117 Å². The van der Waals surface area contributed by atoms with Crippen LogP contribution >= 0.6 is 58.2 Å². The van der Waals surface area contributed by atoms with Crippen molar-refractivity contribution in [2.75, 3.05) is 12.3 Å². The van der Waals surface area contributed by atoms with Gasteiger partial charge in [-0.15, -0.1) is 0 Å². The number of ether oxygens (including phenoxy) is 1. The molecule has 0 saturated carbocycles. The number of carbonyl (C=O) groups is 3. The number of halogens is 4. The fraction of sp³-hybridized carbons (Fsp3) is 0.125. The van der Waals surface area contributed by atoms with Gasteiger partial charge in [0.1, 0.15) is 5.25 Å². The van der Waals surface area contributed by atoms with E-state index in [0.29, 0.717) is 26.2 Å². The minimum Gasteiger partial charge on any atom is -0.461 e. The maximum Gasteiger partial charge on any atom is 0.357 e. The Morgan fingerprint density at radius 2 is 1.72 bits per heavy atom. The highest BCUT2D eigenvalue weighted by atomic mass is 35.5. The number of fused-ring (bicyclic) bond motifs is 1. The van der Waals surface area contributed by atoms with Gasteiger partial charge in [-0.2, -0.15) is 0 Å². The normalized spacial score (nSPS) is 15.7. The second kappa shape index (κ2) is 10.4. The number of nitrogens with zero attached hydrogens (tertiary/aromatic N) is 1. The SMILES string of the molecule is CCOC(=O)c1c(N)/c(=C\c2ccc(Cl)cc2Cl)c2n1C(=O)C(c1ccc(Cl)cc1Cl)SC=2C(N)=O. The molecule has 1 atom stereocenters. The highest BCUT2D eigenvalue weighted by Gasteiger charge is 2.38. The Balaban J connectivity index is 2.11. The average Bonchev–Trinajstić information content (AvgIpc) is 3.09. The van der Waals surface area contributed by atoms with Gasteiger partial charge in [0.15, 0.2) is 5.69 Å². The van der Waals surface area contributed by atoms with Crippen molar-refractivity contribution in [1.82, 2.24) is 4.57 Å². The molecule has 0 spiro atoms. The third-order valence-electron chi connectivity index (χ3n) is 5.34. The first-order valence-corrected chi connectivity index (χ1v) is 12.8. The van der Waals surface area contributed by atoms with Gasteiger partial charge >= 0.3 is 5.97 Å². The van der Waals surface area contributed by atoms with Crippen molar-refractivity contribution in [2.45, 2.75) is 12.2 Å². The van der Waals surface area contributed by atoms with Gasteiger partial charge < -0.3 is 16.2 Å². The molecule has 1 aliphatic rings. The zero-order valence-electron chi connectivity index (χ0n) is 18.5. The monoisotopic (exact) mass is 583 g/mol. The molecule has 4 N–H and O–H groups in total. The predicted molar refractivity (Wildman–Crippen MR) is 144 cm³/mol. The van der Waals surface area contributed by atoms with Crippen molar-refractivity contribution in [3.8, 4) is 0 Å². The number of carbonyl (C=O) groups excluding carboxylic acids is 3. The molecule has 36 heavy (non-hydrogen) atoms. The average molecular weight is 585 g/mol. The van der Waals surface area contributed by atoms with E-state index in [9.17, 15) is 14.4 Å². The molecule has 4 rings (SSSR count). The Bertz CT molecular complexity index is 1570. The number of amides is 1. The summed E-state index contributed by atoms with van der Waals surface area (Å²) in [6.07, 6.45) is 1.55. The second-order valence-electron chi connectivity index (χ2n) is 7.59. The Labute approximate surface area is 229 Å². The first-order chi connectivity index (χ1) is 17.0. The minimum absolute atomic E-state index is 0.00389. The lowest BCUT2D eigenvalue weighted by Gasteiger charge is -2.24. The van der Waals surface area contributed by atoms with Crippen LogP contribution < -0.4 is 22.0 Å². The van der Waals surface area contributed by atoms with Crippen LogP contribution in [0.1, 0.15) is 38.6 Å². The molecule has 1 aromatic heterocycles. The highest BCUT2D eigenvalue weighted by molar-refractivity contribution is 8.10. The molecule has 12 heteroatoms. The minimum atomic E-state index is -1.02. The number of hydrogen-bond acceptors (Lipinski definition) is 6. The smallest absolute Gasteiger partial charge is 0.357 e. The van der Waals surface area contributed by atoms with Gasteiger partial charge in [-0.05, 0) is 48.4 Å². The van der Waals surface area contributed by atoms with Crippen LogP contribution in [0.3, 0.4) is 0 Å². The van der Waals surface area contributed by atoms with Crippen LogP contribution in [0.25, 0.3) is 11.0 Å². The van der Waals surface area contributed by atoms with Gasteiger partial charge in [0, 0.05) is 25.3 Å². The van der Waals surface area contributed by atoms with Crippen LogP contribution in [0.5, 0.6) is 0 Å². The zero-order chi connectivity index (χ0) is 26.3. The summed E-state index contributed by atoms with van der Waals surface area (Å²) in [5, 5.41) is 0.527. The van der Waals surface area contributed by atoms with E-state index in [2.05, 4.69) is 0 Å². The number of esters is 1. The molecule has 2 heterocycles. The van der Waals surface area contributed by atoms with E-state index in [1.807, 2.05) is 0 Å². The van der Waals surface area contributed by atoms with E-state index >= 15 is 0 Å². The summed E-state index contributed by atoms with van der Waals surface area (Å²) in [5.74, 6) is -2.24. The molecule has 0 bridgehead atoms. The van der Waals surface area contributed by atoms with E-state index in [1.165, 1.54) is 12.1 Å². The van der Waals surface area contributed by atoms with Gasteiger partial charge in [-0.1, -0.05) is 70.3 Å². The first kappa shape index (κ1) is 26.4. The number of nitrogen functional groups attached to an aromatic ring is 1. The molecule has 186 valence electrons. The van der Waals surface area contributed by atoms with Crippen LogP contribution in [-0.4, -0.2) is 29.0 Å². The summed E-state index contributed by atoms with van der Waals surface area (Å²) in [6, 6.07) is 9.38. The molecule has 2 aromatic carbocycles. The van der Waals surface area contributed by atoms with Gasteiger partial charge in [-0.3, -0.25) is 14.2 Å². The molecular weight excluding hydrogens is 568 g/mol. The lowest BCUT2D eigenvalue weighted by molar-refractivity contribution is -0.112. The Hall–Kier alpha value is -2.62. The van der Waals surface area contributed by atoms with Gasteiger partial charge in [0.2, 0.25) is 5.91 Å². The number of aromatic nitrogens is 1. The largest absolute Gasteiger partial charge is 0.461 e. The lowest BCUT2D eigenvalue weighted by atomic mass is 10.1. The van der Waals surface area contributed by atoms with Crippen LogP contribution in [0, 0.1) is 0 Å². The fourth-order valence-electron chi connectivity index (χ4n) is 3.80. The van der Waals surface area contributed by atoms with Crippen molar-refractivity contribution in [2.24, 2.45) is 5.73 Å². The number of anilines is 1. The molecule has 0 fully saturated rings. The summed E-state index contributed by atoms with van der Waals surface area (Å²) in [6.45, 7) is 1.65. The third-order valence-corrected chi connectivity index (χ3v) is 7.79. The lowest BCUT2D eigenvalue weighted by Crippen LogP contribution is -2.43. The van der Waals surface area contributed by atoms with E-state index in [1.54, 1.807) is 37.3 Å². The van der Waals surface area contributed by atoms with Gasteiger partial charge in [-0.25, -0.2) is 4.79 Å². The first-order valence-electron chi connectivity index (χ1n) is 10.4. The Morgan fingerprint density at radius 3 is 2.31 bits per heavy atom. The number of rotatable bonds is 5. The van der Waals surface area contributed by atoms with E-state index in [0.717, 1.165) is 16.3 Å². The molecule has 0 aliphatic carbocycles. The molecule has 1 amide bonds. The number of hydrogen-bond donors (Lipinski definition) is 2. The fourth-order valence-corrected chi connectivity index (χ4v) is 6.05. The quantitative estimate of drug-likeness (QED) is 0.429. The summed E-state index contributed by atoms with van der Waals surface area (Å²) < 4.78 is 6.24. The molecule has 1 unspecified atom stereocenters. The van der Waals surface area contributed by atoms with Crippen molar-refractivity contribution in [1.29, 1.82) is 0 Å². The van der Waals surface area contributed by atoms with Crippen molar-refractivity contribution < 1.29 is 19.1 Å². The second-order valence-corrected chi connectivity index (χ2v) is 10.4. The summed E-state index contributed by atoms with van der Waals surface area (Å²) in [7, 11) is 0. The third kappa shape index (κ3) is 4.71. The molecule has 0 saturated heterocycles. The predicted octanol–water partition coefficient (Wildman–Crippen LogP) is 4.41. The van der Waals surface area contributed by atoms with Gasteiger partial charge in [0.05, 0.1) is 22.5 Å². The highest BCUT2D eigenvalue weighted by Crippen LogP contribution is 2.42. The van der Waals surface area contributed by atoms with Crippen molar-refractivity contribution >= 4 is 92.6 Å². The van der Waals surface area contributed by atoms with Crippen LogP contribution in [-0.2, 0) is 9.53 Å². The van der Waals surface area contributed by atoms with E-state index in [4.69, 9.17) is 62.6 Å². The molecular formula is C24H17Cl4N3O4S. The van der Waals surface area contributed by atoms with Crippen molar-refractivity contribution in [3.63, 3.8) is 0 Å². The molecule has 7 nitrogen and oxygen atoms in total. The van der Waals surface area contributed by atoms with Crippen LogP contribution in [0.4, 0.5) is 5.69 Å². The number of nitrogens with two attached hydrogens (primary N) is 2. The van der Waals surface area contributed by atoms with E-state index < -0.39 is 23.0 Å². The maximum atomic E-state index is 13.8. The summed E-state index contributed by atoms with van der Waals surface area (Å²) in [4.78, 5) is 39.5. The van der Waals surface area contributed by atoms with Gasteiger partial charge in [0.25, 0.3) is 5.91 Å². The molecule has 3 aromatic rings. The maximum absolute atomic E-state index is 13.8. The number of benzene rings is 2. The van der Waals surface area contributed by atoms with Crippen LogP contribution in [0.15, 0.2) is 36.4 Å². The Morgan fingerprint density at radius 1 is 1.08 bits per heavy atom.